The first kappa shape index (κ1) is 16.7. The molecule has 1 saturated heterocycles. The normalized spacial score (nSPS) is 29.2. The van der Waals surface area contributed by atoms with Crippen molar-refractivity contribution in [3.63, 3.8) is 0 Å². The van der Waals surface area contributed by atoms with Gasteiger partial charge in [0.1, 0.15) is 5.25 Å². The molecule has 0 radical (unpaired) electrons. The van der Waals surface area contributed by atoms with E-state index in [1.165, 1.54) is 0 Å². The van der Waals surface area contributed by atoms with Crippen molar-refractivity contribution in [1.82, 2.24) is 10.2 Å². The van der Waals surface area contributed by atoms with Crippen LogP contribution in [0.3, 0.4) is 0 Å². The molecule has 9 heteroatoms. The lowest BCUT2D eigenvalue weighted by Gasteiger charge is -2.19. The molecule has 1 heterocycles. The summed E-state index contributed by atoms with van der Waals surface area (Å²) >= 11 is 1.55. The topological polar surface area (TPSA) is 111 Å². The number of carbonyl (C=O) groups excluding carboxylic acids is 1. The molecule has 0 aliphatic carbocycles. The smallest absolute Gasteiger partial charge is 0.250 e. The van der Waals surface area contributed by atoms with Gasteiger partial charge in [0.15, 0.2) is 0 Å². The maximum absolute atomic E-state index is 12.1. The minimum absolute atomic E-state index is 0.386. The first-order valence-corrected chi connectivity index (χ1v) is 8.94. The molecule has 1 aliphatic rings. The van der Waals surface area contributed by atoms with E-state index in [1.807, 2.05) is 11.0 Å². The van der Waals surface area contributed by atoms with E-state index >= 15 is 0 Å². The van der Waals surface area contributed by atoms with Gasteiger partial charge in [-0.2, -0.15) is 17.2 Å². The summed E-state index contributed by atoms with van der Waals surface area (Å²) in [6, 6.07) is -1.20. The van der Waals surface area contributed by atoms with Crippen LogP contribution in [-0.4, -0.2) is 49.8 Å². The molecule has 4 atom stereocenters. The Balaban J connectivity index is 2.66. The zero-order valence-corrected chi connectivity index (χ0v) is 12.9. The van der Waals surface area contributed by atoms with E-state index in [4.69, 9.17) is 10.6 Å². The summed E-state index contributed by atoms with van der Waals surface area (Å²) in [7, 11) is -3.80. The van der Waals surface area contributed by atoms with Gasteiger partial charge in [0.05, 0.1) is 18.2 Å². The molecular weight excluding hydrogens is 290 g/mol. The lowest BCUT2D eigenvalue weighted by molar-refractivity contribution is -0.120. The van der Waals surface area contributed by atoms with Gasteiger partial charge in [0, 0.05) is 0 Å². The highest BCUT2D eigenvalue weighted by Gasteiger charge is 2.42. The average molecular weight is 311 g/mol. The number of nitrogens with one attached hydrogen (secondary N) is 2. The Bertz CT molecular complexity index is 405. The van der Waals surface area contributed by atoms with Crippen LogP contribution < -0.4 is 15.9 Å². The summed E-state index contributed by atoms with van der Waals surface area (Å²) < 4.78 is 26.3. The molecule has 1 aliphatic heterocycles. The second-order valence-electron chi connectivity index (χ2n) is 4.59. The predicted octanol–water partition coefficient (Wildman–Crippen LogP) is -0.807. The molecule has 1 fully saturated rings. The highest BCUT2D eigenvalue weighted by Crippen LogP contribution is 2.18. The molecule has 0 aromatic heterocycles. The maximum Gasteiger partial charge on any atom is 0.250 e. The molecule has 112 valence electrons. The Kier molecular flexibility index (Phi) is 6.06. The van der Waals surface area contributed by atoms with Crippen molar-refractivity contribution in [3.8, 4) is 0 Å². The van der Waals surface area contributed by atoms with Crippen LogP contribution in [0.1, 0.15) is 20.3 Å². The maximum atomic E-state index is 12.1. The molecule has 0 aromatic carbocycles. The third kappa shape index (κ3) is 4.32. The second-order valence-corrected chi connectivity index (χ2v) is 7.42. The quantitative estimate of drug-likeness (QED) is 0.588. The van der Waals surface area contributed by atoms with Crippen molar-refractivity contribution < 1.29 is 18.0 Å². The van der Waals surface area contributed by atoms with Gasteiger partial charge in [-0.15, -0.1) is 0 Å². The first-order valence-electron chi connectivity index (χ1n) is 6.00. The first-order chi connectivity index (χ1) is 8.79. The van der Waals surface area contributed by atoms with Crippen molar-refractivity contribution >= 4 is 27.7 Å². The summed E-state index contributed by atoms with van der Waals surface area (Å²) in [6.45, 7) is 3.32. The number of nitrogens with two attached hydrogens (primary N) is 1. The SMILES string of the molecule is CSCCC(N)C(=O)NS(=O)(=O)C1C(C)NOC1C. The van der Waals surface area contributed by atoms with Crippen molar-refractivity contribution in [2.75, 3.05) is 12.0 Å². The van der Waals surface area contributed by atoms with Crippen LogP contribution in [0, 0.1) is 0 Å². The third-order valence-corrected chi connectivity index (χ3v) is 5.60. The molecule has 7 nitrogen and oxygen atoms in total. The number of hydroxylamine groups is 1. The van der Waals surface area contributed by atoms with Gasteiger partial charge in [-0.1, -0.05) is 0 Å². The molecule has 19 heavy (non-hydrogen) atoms. The Morgan fingerprint density at radius 1 is 1.53 bits per heavy atom. The van der Waals surface area contributed by atoms with Crippen LogP contribution in [-0.2, 0) is 19.7 Å². The number of carbonyl (C=O) groups is 1. The molecule has 1 amide bonds. The monoisotopic (exact) mass is 311 g/mol. The van der Waals surface area contributed by atoms with Crippen molar-refractivity contribution in [3.05, 3.63) is 0 Å². The van der Waals surface area contributed by atoms with Gasteiger partial charge in [0.2, 0.25) is 15.9 Å². The molecule has 1 rings (SSSR count). The summed E-state index contributed by atoms with van der Waals surface area (Å²) in [6.07, 6.45) is 1.81. The Hall–Kier alpha value is -0.350. The number of amides is 1. The Labute approximate surface area is 118 Å². The lowest BCUT2D eigenvalue weighted by Crippen LogP contribution is -2.50. The third-order valence-electron chi connectivity index (χ3n) is 2.97. The fourth-order valence-electron chi connectivity index (χ4n) is 1.94. The molecular formula is C10H21N3O4S2. The van der Waals surface area contributed by atoms with Gasteiger partial charge in [-0.3, -0.25) is 14.4 Å². The van der Waals surface area contributed by atoms with Crippen molar-refractivity contribution in [1.29, 1.82) is 0 Å². The van der Waals surface area contributed by atoms with E-state index in [1.54, 1.807) is 25.6 Å². The zero-order chi connectivity index (χ0) is 14.6. The average Bonchev–Trinajstić information content (AvgIpc) is 2.65. The fraction of sp³-hybridized carbons (Fsp3) is 0.900. The predicted molar refractivity (Wildman–Crippen MR) is 75.0 cm³/mol. The summed E-state index contributed by atoms with van der Waals surface area (Å²) in [5.74, 6) is 0.0376. The van der Waals surface area contributed by atoms with E-state index in [0.29, 0.717) is 12.2 Å². The van der Waals surface area contributed by atoms with Gasteiger partial charge >= 0.3 is 0 Å². The Morgan fingerprint density at radius 3 is 2.63 bits per heavy atom. The van der Waals surface area contributed by atoms with Crippen LogP contribution in [0.5, 0.6) is 0 Å². The van der Waals surface area contributed by atoms with Crippen LogP contribution in [0.2, 0.25) is 0 Å². The molecule has 0 saturated carbocycles. The molecule has 4 N–H and O–H groups in total. The lowest BCUT2D eigenvalue weighted by atomic mass is 10.2. The highest BCUT2D eigenvalue weighted by atomic mass is 32.2. The molecule has 0 aromatic rings. The van der Waals surface area contributed by atoms with Crippen molar-refractivity contribution in [2.24, 2.45) is 5.73 Å². The minimum Gasteiger partial charge on any atom is -0.320 e. The number of thioether (sulfide) groups is 1. The van der Waals surface area contributed by atoms with Crippen molar-refractivity contribution in [2.45, 2.75) is 43.7 Å². The van der Waals surface area contributed by atoms with E-state index in [9.17, 15) is 13.2 Å². The van der Waals surface area contributed by atoms with E-state index in [0.717, 1.165) is 0 Å². The van der Waals surface area contributed by atoms with Crippen LogP contribution >= 0.6 is 11.8 Å². The minimum atomic E-state index is -3.80. The van der Waals surface area contributed by atoms with E-state index in [2.05, 4.69) is 5.48 Å². The summed E-state index contributed by atoms with van der Waals surface area (Å²) in [5.41, 5.74) is 8.24. The number of sulfonamides is 1. The second kappa shape index (κ2) is 6.89. The molecule has 0 spiro atoms. The Morgan fingerprint density at radius 2 is 2.16 bits per heavy atom. The number of hydrogen-bond acceptors (Lipinski definition) is 7. The zero-order valence-electron chi connectivity index (χ0n) is 11.3. The number of hydrogen-bond donors (Lipinski definition) is 3. The van der Waals surface area contributed by atoms with Gasteiger partial charge in [0.25, 0.3) is 0 Å². The standard InChI is InChI=1S/C10H21N3O4S2/c1-6-9(7(2)17-12-6)19(15,16)13-10(14)8(11)4-5-18-3/h6-9,12H,4-5,11H2,1-3H3,(H,13,14). The van der Waals surface area contributed by atoms with E-state index in [-0.39, 0.29) is 6.04 Å². The van der Waals surface area contributed by atoms with Crippen LogP contribution in [0.25, 0.3) is 0 Å². The van der Waals surface area contributed by atoms with Gasteiger partial charge in [-0.05, 0) is 32.3 Å². The van der Waals surface area contributed by atoms with E-state index < -0.39 is 33.3 Å². The fourth-order valence-corrected chi connectivity index (χ4v) is 4.15. The molecule has 4 unspecified atom stereocenters. The highest BCUT2D eigenvalue weighted by molar-refractivity contribution is 7.98. The summed E-state index contributed by atoms with van der Waals surface area (Å²) in [5, 5.41) is -0.816. The van der Waals surface area contributed by atoms with Crippen LogP contribution in [0.15, 0.2) is 0 Å². The largest absolute Gasteiger partial charge is 0.320 e. The van der Waals surface area contributed by atoms with Gasteiger partial charge < -0.3 is 5.73 Å². The summed E-state index contributed by atoms with van der Waals surface area (Å²) in [4.78, 5) is 16.8. The van der Waals surface area contributed by atoms with Gasteiger partial charge in [-0.25, -0.2) is 8.42 Å². The molecule has 0 bridgehead atoms. The van der Waals surface area contributed by atoms with Crippen LogP contribution in [0.4, 0.5) is 0 Å². The number of rotatable bonds is 6.